The van der Waals surface area contributed by atoms with Gasteiger partial charge in [-0.25, -0.2) is 0 Å². The summed E-state index contributed by atoms with van der Waals surface area (Å²) in [5.74, 6) is 0.407. The van der Waals surface area contributed by atoms with Crippen molar-refractivity contribution in [3.8, 4) is 0 Å². The molecule has 2 aromatic rings. The van der Waals surface area contributed by atoms with E-state index in [1.54, 1.807) is 24.3 Å². The van der Waals surface area contributed by atoms with Crippen molar-refractivity contribution in [1.29, 1.82) is 0 Å². The molecule has 2 aliphatic rings. The first-order chi connectivity index (χ1) is 16.3. The molecule has 0 aliphatic heterocycles. The Morgan fingerprint density at radius 1 is 0.559 bits per heavy atom. The largest absolute Gasteiger partial charge is 0.295 e. The molecule has 34 heavy (non-hydrogen) atoms. The van der Waals surface area contributed by atoms with E-state index in [1.165, 1.54) is 24.3 Å². The monoisotopic (exact) mass is 462 g/mol. The second-order valence-electron chi connectivity index (χ2n) is 8.30. The van der Waals surface area contributed by atoms with Gasteiger partial charge in [-0.3, -0.25) is 29.8 Å². The van der Waals surface area contributed by atoms with Crippen LogP contribution in [0.1, 0.15) is 62.5 Å². The highest BCUT2D eigenvalue weighted by molar-refractivity contribution is 6.00. The van der Waals surface area contributed by atoms with Crippen molar-refractivity contribution in [2.75, 3.05) is 0 Å². The minimum Gasteiger partial charge on any atom is -0.295 e. The van der Waals surface area contributed by atoms with Gasteiger partial charge >= 0.3 is 0 Å². The van der Waals surface area contributed by atoms with Gasteiger partial charge in [0.25, 0.3) is 11.4 Å². The van der Waals surface area contributed by atoms with Crippen LogP contribution in [-0.2, 0) is 9.59 Å². The lowest BCUT2D eigenvalue weighted by atomic mass is 9.92. The lowest BCUT2D eigenvalue weighted by Gasteiger charge is -2.12. The number of benzene rings is 2. The van der Waals surface area contributed by atoms with E-state index in [1.807, 2.05) is 12.2 Å². The van der Waals surface area contributed by atoms with Crippen LogP contribution in [0, 0.1) is 20.2 Å². The molecule has 2 saturated carbocycles. The molecule has 2 aliphatic carbocycles. The highest BCUT2D eigenvalue weighted by atomic mass is 16.6. The Labute approximate surface area is 197 Å². The molecule has 0 atom stereocenters. The van der Waals surface area contributed by atoms with E-state index in [9.17, 15) is 29.8 Å². The number of Topliss-reactive ketones (excluding diaryl/α,β-unsaturated/α-hetero) is 2. The number of carbonyl (C=O) groups excluding carboxylic acids is 2. The van der Waals surface area contributed by atoms with E-state index >= 15 is 0 Å². The van der Waals surface area contributed by atoms with Crippen molar-refractivity contribution in [3.05, 3.63) is 91.0 Å². The highest BCUT2D eigenvalue weighted by Gasteiger charge is 2.15. The van der Waals surface area contributed by atoms with Crippen LogP contribution in [0.15, 0.2) is 59.7 Å². The number of non-ortho nitro benzene ring substituents is 2. The Bertz CT molecular complexity index is 1040. The molecule has 0 heterocycles. The Hall–Kier alpha value is -3.94. The van der Waals surface area contributed by atoms with Crippen molar-refractivity contribution in [3.63, 3.8) is 0 Å². The summed E-state index contributed by atoms with van der Waals surface area (Å²) < 4.78 is 0. The van der Waals surface area contributed by atoms with Crippen LogP contribution < -0.4 is 0 Å². The third-order valence-electron chi connectivity index (χ3n) is 5.81. The first-order valence-electron chi connectivity index (χ1n) is 11.3. The fourth-order valence-corrected chi connectivity index (χ4v) is 3.89. The number of ketones is 2. The predicted molar refractivity (Wildman–Crippen MR) is 129 cm³/mol. The zero-order chi connectivity index (χ0) is 24.5. The molecule has 0 spiro atoms. The van der Waals surface area contributed by atoms with E-state index in [0.717, 1.165) is 60.8 Å². The lowest BCUT2D eigenvalue weighted by molar-refractivity contribution is -0.385. The van der Waals surface area contributed by atoms with E-state index in [-0.39, 0.29) is 22.9 Å². The molecule has 8 nitrogen and oxygen atoms in total. The molecule has 0 aromatic heterocycles. The molecule has 4 rings (SSSR count). The van der Waals surface area contributed by atoms with Crippen LogP contribution in [0.4, 0.5) is 11.4 Å². The zero-order valence-electron chi connectivity index (χ0n) is 18.8. The van der Waals surface area contributed by atoms with Gasteiger partial charge in [-0.15, -0.1) is 0 Å². The number of hydrogen-bond donors (Lipinski definition) is 0. The maximum absolute atomic E-state index is 11.6. The van der Waals surface area contributed by atoms with E-state index in [2.05, 4.69) is 0 Å². The second kappa shape index (κ2) is 11.8. The molecule has 0 amide bonds. The van der Waals surface area contributed by atoms with Crippen molar-refractivity contribution < 1.29 is 19.4 Å². The molecule has 0 N–H and O–H groups in total. The van der Waals surface area contributed by atoms with Gasteiger partial charge < -0.3 is 0 Å². The highest BCUT2D eigenvalue weighted by Crippen LogP contribution is 2.24. The van der Waals surface area contributed by atoms with Crippen LogP contribution in [0.3, 0.4) is 0 Å². The van der Waals surface area contributed by atoms with Gasteiger partial charge in [-0.2, -0.15) is 0 Å². The summed E-state index contributed by atoms with van der Waals surface area (Å²) >= 11 is 0. The van der Waals surface area contributed by atoms with Gasteiger partial charge in [-0.1, -0.05) is 0 Å². The number of nitrogens with zero attached hydrogens (tertiary/aromatic N) is 2. The van der Waals surface area contributed by atoms with Gasteiger partial charge in [0, 0.05) is 37.1 Å². The summed E-state index contributed by atoms with van der Waals surface area (Å²) in [6.45, 7) is 0. The van der Waals surface area contributed by atoms with Crippen LogP contribution in [0.25, 0.3) is 12.2 Å². The number of carbonyl (C=O) groups is 2. The van der Waals surface area contributed by atoms with Gasteiger partial charge in [0.2, 0.25) is 0 Å². The third kappa shape index (κ3) is 7.03. The van der Waals surface area contributed by atoms with E-state index < -0.39 is 9.85 Å². The summed E-state index contributed by atoms with van der Waals surface area (Å²) in [5.41, 5.74) is 3.51. The summed E-state index contributed by atoms with van der Waals surface area (Å²) in [4.78, 5) is 43.3. The van der Waals surface area contributed by atoms with Gasteiger partial charge in [-0.05, 0) is 97.2 Å². The van der Waals surface area contributed by atoms with Crippen molar-refractivity contribution >= 4 is 35.1 Å². The smallest absolute Gasteiger partial charge is 0.269 e. The SMILES string of the molecule is O=C1CCCCC1=Cc1ccc([N+](=O)[O-])cc1.O=C1CCCCC1=Cc1ccc([N+](=O)[O-])cc1. The number of allylic oxidation sites excluding steroid dienone is 2. The Kier molecular flexibility index (Phi) is 8.56. The normalized spacial score (nSPS) is 18.4. The summed E-state index contributed by atoms with van der Waals surface area (Å²) in [7, 11) is 0. The third-order valence-corrected chi connectivity index (χ3v) is 5.81. The fourth-order valence-electron chi connectivity index (χ4n) is 3.89. The average molecular weight is 463 g/mol. The fraction of sp³-hybridized carbons (Fsp3) is 0.308. The zero-order valence-corrected chi connectivity index (χ0v) is 18.8. The molecule has 0 radical (unpaired) electrons. The Morgan fingerprint density at radius 2 is 0.882 bits per heavy atom. The van der Waals surface area contributed by atoms with Gasteiger partial charge in [0.05, 0.1) is 9.85 Å². The Morgan fingerprint density at radius 3 is 1.18 bits per heavy atom. The number of nitro groups is 2. The quantitative estimate of drug-likeness (QED) is 0.301. The molecule has 0 bridgehead atoms. The molecule has 2 aromatic carbocycles. The molecular weight excluding hydrogens is 436 g/mol. The van der Waals surface area contributed by atoms with Crippen LogP contribution in [0.2, 0.25) is 0 Å². The van der Waals surface area contributed by atoms with Crippen molar-refractivity contribution in [2.24, 2.45) is 0 Å². The number of hydrogen-bond acceptors (Lipinski definition) is 6. The minimum atomic E-state index is -0.428. The lowest BCUT2D eigenvalue weighted by Crippen LogP contribution is -2.07. The Balaban J connectivity index is 0.000000191. The standard InChI is InChI=1S/2C13H13NO3/c2*15-13-4-2-1-3-11(13)9-10-5-7-12(8-6-10)14(16)17/h2*5-9H,1-4H2. The van der Waals surface area contributed by atoms with Gasteiger partial charge in [0.1, 0.15) is 0 Å². The molecule has 2 fully saturated rings. The molecule has 176 valence electrons. The predicted octanol–water partition coefficient (Wildman–Crippen LogP) is 6.24. The first kappa shape index (κ1) is 24.7. The maximum atomic E-state index is 11.6. The number of rotatable bonds is 4. The molecule has 0 saturated heterocycles. The maximum Gasteiger partial charge on any atom is 0.269 e. The van der Waals surface area contributed by atoms with E-state index in [4.69, 9.17) is 0 Å². The van der Waals surface area contributed by atoms with Crippen LogP contribution in [-0.4, -0.2) is 21.4 Å². The summed E-state index contributed by atoms with van der Waals surface area (Å²) in [6.07, 6.45) is 10.6. The van der Waals surface area contributed by atoms with Crippen LogP contribution >= 0.6 is 0 Å². The van der Waals surface area contributed by atoms with Crippen molar-refractivity contribution in [2.45, 2.75) is 51.4 Å². The second-order valence-corrected chi connectivity index (χ2v) is 8.30. The van der Waals surface area contributed by atoms with E-state index in [0.29, 0.717) is 12.8 Å². The van der Waals surface area contributed by atoms with Gasteiger partial charge in [0.15, 0.2) is 11.6 Å². The molecular formula is C26H26N2O6. The minimum absolute atomic E-state index is 0.0714. The summed E-state index contributed by atoms with van der Waals surface area (Å²) in [5, 5.41) is 21.0. The average Bonchev–Trinajstić information content (AvgIpc) is 2.83. The topological polar surface area (TPSA) is 120 Å². The summed E-state index contributed by atoms with van der Waals surface area (Å²) in [6, 6.07) is 12.5. The molecule has 8 heteroatoms. The van der Waals surface area contributed by atoms with Crippen molar-refractivity contribution in [1.82, 2.24) is 0 Å². The van der Waals surface area contributed by atoms with Crippen LogP contribution in [0.5, 0.6) is 0 Å². The first-order valence-corrected chi connectivity index (χ1v) is 11.3. The molecule has 0 unspecified atom stereocenters. The number of nitro benzene ring substituents is 2.